The van der Waals surface area contributed by atoms with Crippen LogP contribution in [0.2, 0.25) is 0 Å². The van der Waals surface area contributed by atoms with Gasteiger partial charge in [-0.2, -0.15) is 0 Å². The Balaban J connectivity index is 3.50. The minimum absolute atomic E-state index is 0.0340. The maximum atomic E-state index is 13.7. The highest BCUT2D eigenvalue weighted by molar-refractivity contribution is 7.90. The Hall–Kier alpha value is -1.63. The van der Waals surface area contributed by atoms with Gasteiger partial charge in [-0.3, -0.25) is 4.79 Å². The molecule has 0 radical (unpaired) electrons. The van der Waals surface area contributed by atoms with Crippen LogP contribution in [0.25, 0.3) is 0 Å². The number of carbonyl (C=O) groups is 1. The lowest BCUT2D eigenvalue weighted by molar-refractivity contribution is -0.138. The van der Waals surface area contributed by atoms with E-state index in [-0.39, 0.29) is 11.3 Å². The van der Waals surface area contributed by atoms with E-state index in [2.05, 4.69) is 0 Å². The smallest absolute Gasteiger partial charge is 0.310 e. The first-order valence-corrected chi connectivity index (χ1v) is 6.88. The molecule has 0 saturated carbocycles. The average Bonchev–Trinajstić information content (AvgIpc) is 2.25. The molecule has 5 nitrogen and oxygen atoms in total. The summed E-state index contributed by atoms with van der Waals surface area (Å²) >= 11 is 0. The minimum Gasteiger partial charge on any atom is -0.496 e. The molecule has 1 rings (SSSR count). The van der Waals surface area contributed by atoms with Crippen LogP contribution in [0.1, 0.15) is 18.4 Å². The van der Waals surface area contributed by atoms with Gasteiger partial charge in [-0.05, 0) is 13.0 Å². The monoisotopic (exact) mass is 276 g/mol. The predicted molar refractivity (Wildman–Crippen MR) is 62.1 cm³/mol. The Kier molecular flexibility index (Phi) is 3.95. The molecule has 1 aromatic rings. The van der Waals surface area contributed by atoms with Gasteiger partial charge in [0.1, 0.15) is 16.5 Å². The predicted octanol–water partition coefficient (Wildman–Crippen LogP) is 1.43. The maximum absolute atomic E-state index is 13.7. The summed E-state index contributed by atoms with van der Waals surface area (Å²) in [6.45, 7) is 1.36. The number of carboxylic acid groups (broad SMARTS) is 1. The van der Waals surface area contributed by atoms with Gasteiger partial charge in [-0.1, -0.05) is 0 Å². The number of ether oxygens (including phenoxy) is 1. The zero-order valence-corrected chi connectivity index (χ0v) is 10.9. The zero-order chi connectivity index (χ0) is 14.1. The molecule has 0 aliphatic heterocycles. The van der Waals surface area contributed by atoms with Crippen molar-refractivity contribution in [2.45, 2.75) is 17.7 Å². The number of carboxylic acids is 1. The Morgan fingerprint density at radius 1 is 1.44 bits per heavy atom. The third-order valence-electron chi connectivity index (χ3n) is 2.52. The van der Waals surface area contributed by atoms with E-state index < -0.39 is 32.4 Å². The van der Waals surface area contributed by atoms with Crippen LogP contribution >= 0.6 is 0 Å². The minimum atomic E-state index is -3.73. The van der Waals surface area contributed by atoms with E-state index in [1.165, 1.54) is 14.0 Å². The average molecular weight is 276 g/mol. The molecule has 0 aromatic heterocycles. The van der Waals surface area contributed by atoms with Crippen molar-refractivity contribution >= 4 is 15.8 Å². The highest BCUT2D eigenvalue weighted by Gasteiger charge is 2.23. The second-order valence-corrected chi connectivity index (χ2v) is 5.84. The van der Waals surface area contributed by atoms with Crippen LogP contribution in [0.4, 0.5) is 4.39 Å². The van der Waals surface area contributed by atoms with Crippen LogP contribution in [-0.4, -0.2) is 32.9 Å². The second kappa shape index (κ2) is 4.93. The van der Waals surface area contributed by atoms with Gasteiger partial charge in [0.25, 0.3) is 0 Å². The van der Waals surface area contributed by atoms with Gasteiger partial charge in [0.15, 0.2) is 9.84 Å². The lowest BCUT2D eigenvalue weighted by Gasteiger charge is -2.14. The quantitative estimate of drug-likeness (QED) is 0.899. The molecule has 7 heteroatoms. The highest BCUT2D eigenvalue weighted by Crippen LogP contribution is 2.31. The van der Waals surface area contributed by atoms with Crippen LogP contribution < -0.4 is 4.74 Å². The lowest BCUT2D eigenvalue weighted by Crippen LogP contribution is -2.11. The molecule has 0 amide bonds. The fraction of sp³-hybridized carbons (Fsp3) is 0.364. The van der Waals surface area contributed by atoms with Crippen molar-refractivity contribution in [3.05, 3.63) is 23.5 Å². The van der Waals surface area contributed by atoms with Crippen molar-refractivity contribution in [2.24, 2.45) is 0 Å². The summed E-state index contributed by atoms with van der Waals surface area (Å²) in [6.07, 6.45) is 0.866. The molecule has 0 aliphatic rings. The molecule has 100 valence electrons. The van der Waals surface area contributed by atoms with Crippen molar-refractivity contribution in [2.75, 3.05) is 13.4 Å². The molecule has 18 heavy (non-hydrogen) atoms. The summed E-state index contributed by atoms with van der Waals surface area (Å²) in [5.74, 6) is -3.10. The summed E-state index contributed by atoms with van der Waals surface area (Å²) in [4.78, 5) is 10.4. The Bertz CT molecular complexity index is 579. The number of methoxy groups -OCH3 is 1. The molecule has 1 aromatic carbocycles. The Morgan fingerprint density at radius 3 is 2.39 bits per heavy atom. The summed E-state index contributed by atoms with van der Waals surface area (Å²) < 4.78 is 41.2. The van der Waals surface area contributed by atoms with Gasteiger partial charge in [-0.15, -0.1) is 0 Å². The lowest BCUT2D eigenvalue weighted by atomic mass is 10.0. The second-order valence-electron chi connectivity index (χ2n) is 3.86. The van der Waals surface area contributed by atoms with E-state index in [9.17, 15) is 17.6 Å². The number of hydrogen-bond donors (Lipinski definition) is 1. The van der Waals surface area contributed by atoms with Crippen LogP contribution in [0, 0.1) is 5.82 Å². The van der Waals surface area contributed by atoms with Crippen LogP contribution in [0.15, 0.2) is 17.0 Å². The molecule has 0 spiro atoms. The van der Waals surface area contributed by atoms with Crippen molar-refractivity contribution in [1.82, 2.24) is 0 Å². The topological polar surface area (TPSA) is 80.7 Å². The zero-order valence-electron chi connectivity index (χ0n) is 10.1. The van der Waals surface area contributed by atoms with E-state index in [1.807, 2.05) is 0 Å². The molecular formula is C11H13FO5S. The fourth-order valence-electron chi connectivity index (χ4n) is 1.48. The van der Waals surface area contributed by atoms with E-state index in [4.69, 9.17) is 9.84 Å². The van der Waals surface area contributed by atoms with Gasteiger partial charge in [0.05, 0.1) is 13.0 Å². The number of benzene rings is 1. The summed E-state index contributed by atoms with van der Waals surface area (Å²) in [5, 5.41) is 8.88. The molecule has 1 atom stereocenters. The summed E-state index contributed by atoms with van der Waals surface area (Å²) in [7, 11) is -2.47. The number of aliphatic carboxylic acids is 1. The number of sulfone groups is 1. The van der Waals surface area contributed by atoms with Gasteiger partial charge < -0.3 is 9.84 Å². The number of hydrogen-bond acceptors (Lipinski definition) is 4. The SMILES string of the molecule is COc1cc(S(C)(=O)=O)c(F)cc1C(C)C(=O)O. The largest absolute Gasteiger partial charge is 0.496 e. The van der Waals surface area contributed by atoms with E-state index in [0.717, 1.165) is 18.4 Å². The first-order chi connectivity index (χ1) is 8.18. The standard InChI is InChI=1S/C11H13FO5S/c1-6(11(13)14)7-4-8(12)10(18(3,15)16)5-9(7)17-2/h4-6H,1-3H3,(H,13,14). The molecule has 0 bridgehead atoms. The Morgan fingerprint density at radius 2 is 2.00 bits per heavy atom. The third-order valence-corrected chi connectivity index (χ3v) is 3.63. The first-order valence-electron chi connectivity index (χ1n) is 4.98. The van der Waals surface area contributed by atoms with Crippen LogP contribution in [0.5, 0.6) is 5.75 Å². The molecule has 0 saturated heterocycles. The molecule has 0 aliphatic carbocycles. The summed E-state index contributed by atoms with van der Waals surface area (Å²) in [6, 6.07) is 1.88. The van der Waals surface area contributed by atoms with Gasteiger partial charge in [-0.25, -0.2) is 12.8 Å². The molecule has 0 fully saturated rings. The van der Waals surface area contributed by atoms with Crippen molar-refractivity contribution < 1.29 is 27.4 Å². The maximum Gasteiger partial charge on any atom is 0.310 e. The third kappa shape index (κ3) is 2.79. The van der Waals surface area contributed by atoms with Gasteiger partial charge in [0.2, 0.25) is 0 Å². The number of rotatable bonds is 4. The first kappa shape index (κ1) is 14.4. The van der Waals surface area contributed by atoms with Crippen LogP contribution in [-0.2, 0) is 14.6 Å². The van der Waals surface area contributed by atoms with Gasteiger partial charge in [0, 0.05) is 17.9 Å². The Labute approximate surface area is 104 Å². The highest BCUT2D eigenvalue weighted by atomic mass is 32.2. The molecular weight excluding hydrogens is 263 g/mol. The molecule has 0 heterocycles. The van der Waals surface area contributed by atoms with Gasteiger partial charge >= 0.3 is 5.97 Å². The van der Waals surface area contributed by atoms with E-state index in [1.54, 1.807) is 0 Å². The number of halogens is 1. The van der Waals surface area contributed by atoms with E-state index >= 15 is 0 Å². The fourth-order valence-corrected chi connectivity index (χ4v) is 2.22. The van der Waals surface area contributed by atoms with Crippen molar-refractivity contribution in [3.63, 3.8) is 0 Å². The molecule has 1 unspecified atom stereocenters. The van der Waals surface area contributed by atoms with Crippen molar-refractivity contribution in [1.29, 1.82) is 0 Å². The van der Waals surface area contributed by atoms with Crippen LogP contribution in [0.3, 0.4) is 0 Å². The van der Waals surface area contributed by atoms with Crippen molar-refractivity contribution in [3.8, 4) is 5.75 Å². The molecule has 1 N–H and O–H groups in total. The summed E-state index contributed by atoms with van der Waals surface area (Å²) in [5.41, 5.74) is 0.0925. The normalized spacial score (nSPS) is 13.1. The van der Waals surface area contributed by atoms with E-state index in [0.29, 0.717) is 0 Å².